The van der Waals surface area contributed by atoms with Gasteiger partial charge in [0.15, 0.2) is 0 Å². The maximum atomic E-state index is 11.8. The van der Waals surface area contributed by atoms with Crippen molar-refractivity contribution in [2.75, 3.05) is 18.4 Å². The zero-order valence-electron chi connectivity index (χ0n) is 10.4. The Kier molecular flexibility index (Phi) is 5.65. The van der Waals surface area contributed by atoms with Gasteiger partial charge in [-0.25, -0.2) is 0 Å². The van der Waals surface area contributed by atoms with Crippen LogP contribution >= 0.6 is 15.9 Å². The summed E-state index contributed by atoms with van der Waals surface area (Å²) in [5.74, 6) is -2.32. The highest BCUT2D eigenvalue weighted by Gasteiger charge is 2.24. The van der Waals surface area contributed by atoms with Gasteiger partial charge in [-0.05, 0) is 28.1 Å². The maximum absolute atomic E-state index is 11.8. The Balaban J connectivity index is 2.80. The molecule has 102 valence electrons. The highest BCUT2D eigenvalue weighted by atomic mass is 79.9. The molecule has 0 radical (unpaired) electrons. The molecule has 0 aromatic heterocycles. The second-order valence-electron chi connectivity index (χ2n) is 3.70. The highest BCUT2D eigenvalue weighted by Crippen LogP contribution is 2.21. The number of imide groups is 1. The van der Waals surface area contributed by atoms with Gasteiger partial charge in [-0.3, -0.25) is 19.3 Å². The van der Waals surface area contributed by atoms with Crippen molar-refractivity contribution in [3.05, 3.63) is 28.7 Å². The van der Waals surface area contributed by atoms with E-state index >= 15 is 0 Å². The molecule has 0 aliphatic carbocycles. The predicted molar refractivity (Wildman–Crippen MR) is 74.2 cm³/mol. The molecule has 0 spiro atoms. The van der Waals surface area contributed by atoms with Crippen LogP contribution in [-0.2, 0) is 14.4 Å². The number of carbonyl (C=O) groups is 3. The van der Waals surface area contributed by atoms with Gasteiger partial charge in [-0.2, -0.15) is 0 Å². The third-order valence-electron chi connectivity index (χ3n) is 2.29. The van der Waals surface area contributed by atoms with Crippen LogP contribution in [0, 0.1) is 0 Å². The molecular weight excluding hydrogens is 314 g/mol. The summed E-state index contributed by atoms with van der Waals surface area (Å²) < 4.78 is 0.643. The SMILES string of the molecule is CC(=O)N(CCN)C(=O)C(=O)Nc1ccccc1Br. The first-order valence-corrected chi connectivity index (χ1v) is 6.34. The van der Waals surface area contributed by atoms with Crippen LogP contribution in [0.2, 0.25) is 0 Å². The molecular formula is C12H14BrN3O3. The summed E-state index contributed by atoms with van der Waals surface area (Å²) in [4.78, 5) is 35.7. The lowest BCUT2D eigenvalue weighted by molar-refractivity contribution is -0.149. The minimum atomic E-state index is -0.922. The van der Waals surface area contributed by atoms with Crippen molar-refractivity contribution in [3.8, 4) is 0 Å². The van der Waals surface area contributed by atoms with Crippen LogP contribution in [0.4, 0.5) is 5.69 Å². The average Bonchev–Trinajstić information content (AvgIpc) is 2.37. The Labute approximate surface area is 119 Å². The van der Waals surface area contributed by atoms with Gasteiger partial charge >= 0.3 is 11.8 Å². The topological polar surface area (TPSA) is 92.5 Å². The molecule has 0 saturated carbocycles. The van der Waals surface area contributed by atoms with Crippen molar-refractivity contribution in [1.82, 2.24) is 4.90 Å². The number of rotatable bonds is 3. The van der Waals surface area contributed by atoms with Crippen LogP contribution in [0.1, 0.15) is 6.92 Å². The summed E-state index contributed by atoms with van der Waals surface area (Å²) in [6, 6.07) is 6.85. The Morgan fingerprint density at radius 3 is 2.47 bits per heavy atom. The summed E-state index contributed by atoms with van der Waals surface area (Å²) in [5.41, 5.74) is 5.75. The minimum Gasteiger partial charge on any atom is -0.329 e. The smallest absolute Gasteiger partial charge is 0.318 e. The molecule has 1 aromatic rings. The quantitative estimate of drug-likeness (QED) is 0.800. The predicted octanol–water partition coefficient (Wildman–Crippen LogP) is 0.721. The number of anilines is 1. The molecule has 1 aromatic carbocycles. The first-order chi connectivity index (χ1) is 8.97. The van der Waals surface area contributed by atoms with Gasteiger partial charge in [0.2, 0.25) is 5.91 Å². The number of nitrogens with zero attached hydrogens (tertiary/aromatic N) is 1. The van der Waals surface area contributed by atoms with Crippen molar-refractivity contribution in [1.29, 1.82) is 0 Å². The van der Waals surface area contributed by atoms with Crippen LogP contribution in [0.5, 0.6) is 0 Å². The summed E-state index contributed by atoms with van der Waals surface area (Å²) >= 11 is 3.24. The number of nitrogens with two attached hydrogens (primary N) is 1. The van der Waals surface area contributed by atoms with Gasteiger partial charge < -0.3 is 11.1 Å². The molecule has 3 amide bonds. The van der Waals surface area contributed by atoms with E-state index in [4.69, 9.17) is 5.73 Å². The first-order valence-electron chi connectivity index (χ1n) is 5.55. The lowest BCUT2D eigenvalue weighted by Gasteiger charge is -2.17. The van der Waals surface area contributed by atoms with Gasteiger partial charge in [-0.1, -0.05) is 12.1 Å². The number of benzene rings is 1. The van der Waals surface area contributed by atoms with Crippen LogP contribution in [0.25, 0.3) is 0 Å². The molecule has 0 unspecified atom stereocenters. The number of nitrogens with one attached hydrogen (secondary N) is 1. The standard InChI is InChI=1S/C12H14BrN3O3/c1-8(17)16(7-6-14)12(19)11(18)15-10-5-3-2-4-9(10)13/h2-5H,6-7,14H2,1H3,(H,15,18). The molecule has 7 heteroatoms. The zero-order chi connectivity index (χ0) is 14.4. The van der Waals surface area contributed by atoms with Crippen LogP contribution in [-0.4, -0.2) is 35.7 Å². The van der Waals surface area contributed by atoms with Crippen molar-refractivity contribution in [2.45, 2.75) is 6.92 Å². The number of hydrogen-bond acceptors (Lipinski definition) is 4. The number of carbonyl (C=O) groups excluding carboxylic acids is 3. The second kappa shape index (κ2) is 7.01. The third-order valence-corrected chi connectivity index (χ3v) is 2.99. The summed E-state index contributed by atoms with van der Waals surface area (Å²) in [7, 11) is 0. The van der Waals surface area contributed by atoms with Crippen LogP contribution in [0.15, 0.2) is 28.7 Å². The zero-order valence-corrected chi connectivity index (χ0v) is 11.9. The molecule has 1 rings (SSSR count). The van der Waals surface area contributed by atoms with Crippen LogP contribution < -0.4 is 11.1 Å². The maximum Gasteiger partial charge on any atom is 0.318 e. The van der Waals surface area contributed by atoms with Crippen molar-refractivity contribution in [2.24, 2.45) is 5.73 Å². The summed E-state index contributed by atoms with van der Waals surface area (Å²) in [6.45, 7) is 1.32. The summed E-state index contributed by atoms with van der Waals surface area (Å²) in [5, 5.41) is 2.43. The van der Waals surface area contributed by atoms with E-state index in [1.807, 2.05) is 0 Å². The fraction of sp³-hybridized carbons (Fsp3) is 0.250. The highest BCUT2D eigenvalue weighted by molar-refractivity contribution is 9.10. The average molecular weight is 328 g/mol. The van der Waals surface area contributed by atoms with Gasteiger partial charge in [0.1, 0.15) is 0 Å². The van der Waals surface area contributed by atoms with E-state index in [1.165, 1.54) is 6.92 Å². The van der Waals surface area contributed by atoms with E-state index in [9.17, 15) is 14.4 Å². The number of halogens is 1. The molecule has 0 aliphatic heterocycles. The molecule has 19 heavy (non-hydrogen) atoms. The normalized spacial score (nSPS) is 9.84. The Hall–Kier alpha value is -1.73. The number of hydrogen-bond donors (Lipinski definition) is 2. The minimum absolute atomic E-state index is 0.0115. The third kappa shape index (κ3) is 4.15. The first kappa shape index (κ1) is 15.3. The van der Waals surface area contributed by atoms with Crippen molar-refractivity contribution in [3.63, 3.8) is 0 Å². The van der Waals surface area contributed by atoms with E-state index in [0.29, 0.717) is 10.2 Å². The van der Waals surface area contributed by atoms with E-state index in [-0.39, 0.29) is 13.1 Å². The molecule has 0 fully saturated rings. The van der Waals surface area contributed by atoms with Gasteiger partial charge in [0, 0.05) is 24.5 Å². The molecule has 0 aliphatic rings. The fourth-order valence-electron chi connectivity index (χ4n) is 1.39. The van der Waals surface area contributed by atoms with Gasteiger partial charge in [0.05, 0.1) is 5.69 Å². The van der Waals surface area contributed by atoms with E-state index in [2.05, 4.69) is 21.2 Å². The summed E-state index contributed by atoms with van der Waals surface area (Å²) in [6.07, 6.45) is 0. The van der Waals surface area contributed by atoms with Crippen LogP contribution in [0.3, 0.4) is 0 Å². The monoisotopic (exact) mass is 327 g/mol. The lowest BCUT2D eigenvalue weighted by Crippen LogP contribution is -2.44. The van der Waals surface area contributed by atoms with Gasteiger partial charge in [0.25, 0.3) is 0 Å². The van der Waals surface area contributed by atoms with E-state index in [0.717, 1.165) is 4.90 Å². The van der Waals surface area contributed by atoms with Crippen molar-refractivity contribution < 1.29 is 14.4 Å². The largest absolute Gasteiger partial charge is 0.329 e. The lowest BCUT2D eigenvalue weighted by atomic mass is 10.3. The Morgan fingerprint density at radius 1 is 1.32 bits per heavy atom. The Morgan fingerprint density at radius 2 is 1.95 bits per heavy atom. The number of amides is 3. The second-order valence-corrected chi connectivity index (χ2v) is 4.55. The van der Waals surface area contributed by atoms with E-state index in [1.54, 1.807) is 24.3 Å². The van der Waals surface area contributed by atoms with E-state index < -0.39 is 17.7 Å². The molecule has 0 bridgehead atoms. The molecule has 0 heterocycles. The fourth-order valence-corrected chi connectivity index (χ4v) is 1.78. The number of para-hydroxylation sites is 1. The van der Waals surface area contributed by atoms with Crippen molar-refractivity contribution >= 4 is 39.3 Å². The van der Waals surface area contributed by atoms with Gasteiger partial charge in [-0.15, -0.1) is 0 Å². The molecule has 0 saturated heterocycles. The molecule has 3 N–H and O–H groups in total. The molecule has 6 nitrogen and oxygen atoms in total. The molecule has 0 atom stereocenters. The Bertz CT molecular complexity index is 505.